The fraction of sp³-hybridized carbons (Fsp3) is 0.182. The van der Waals surface area contributed by atoms with Crippen molar-refractivity contribution in [1.82, 2.24) is 0 Å². The third-order valence-electron chi connectivity index (χ3n) is 1.78. The molecule has 0 aromatic heterocycles. The predicted octanol–water partition coefficient (Wildman–Crippen LogP) is 2.96. The summed E-state index contributed by atoms with van der Waals surface area (Å²) in [4.78, 5) is 10.7. The van der Waals surface area contributed by atoms with Crippen molar-refractivity contribution in [3.05, 3.63) is 41.5 Å². The second-order valence-electron chi connectivity index (χ2n) is 3.06. The zero-order chi connectivity index (χ0) is 10.7. The molecular formula is C11H10F2O. The van der Waals surface area contributed by atoms with Crippen molar-refractivity contribution >= 4 is 11.4 Å². The van der Waals surface area contributed by atoms with E-state index in [1.807, 2.05) is 0 Å². The van der Waals surface area contributed by atoms with Gasteiger partial charge in [0.2, 0.25) is 0 Å². The van der Waals surface area contributed by atoms with Crippen LogP contribution in [0.1, 0.15) is 19.4 Å². The maximum absolute atomic E-state index is 13.2. The number of ketones is 1. The van der Waals surface area contributed by atoms with E-state index in [1.165, 1.54) is 19.1 Å². The fourth-order valence-electron chi connectivity index (χ4n) is 1.19. The highest BCUT2D eigenvalue weighted by Crippen LogP contribution is 2.18. The van der Waals surface area contributed by atoms with E-state index in [2.05, 4.69) is 0 Å². The number of hydrogen-bond donors (Lipinski definition) is 0. The van der Waals surface area contributed by atoms with Crippen molar-refractivity contribution in [2.75, 3.05) is 0 Å². The minimum Gasteiger partial charge on any atom is -0.295 e. The first-order valence-corrected chi connectivity index (χ1v) is 4.15. The summed E-state index contributed by atoms with van der Waals surface area (Å²) in [5.74, 6) is -1.44. The first-order chi connectivity index (χ1) is 6.50. The molecule has 1 aromatic carbocycles. The van der Waals surface area contributed by atoms with Crippen molar-refractivity contribution in [2.45, 2.75) is 13.8 Å². The van der Waals surface area contributed by atoms with Crippen LogP contribution in [0.3, 0.4) is 0 Å². The van der Waals surface area contributed by atoms with Crippen LogP contribution in [0.15, 0.2) is 24.3 Å². The normalized spacial score (nSPS) is 11.6. The molecule has 1 nitrogen and oxygen atoms in total. The molecule has 74 valence electrons. The molecule has 14 heavy (non-hydrogen) atoms. The van der Waals surface area contributed by atoms with Gasteiger partial charge in [0.15, 0.2) is 5.78 Å². The van der Waals surface area contributed by atoms with Crippen molar-refractivity contribution in [1.29, 1.82) is 0 Å². The molecule has 0 aliphatic heterocycles. The molecule has 0 saturated carbocycles. The summed E-state index contributed by atoms with van der Waals surface area (Å²) in [6, 6.07) is 3.28. The summed E-state index contributed by atoms with van der Waals surface area (Å²) in [5, 5.41) is 0. The number of allylic oxidation sites excluding steroid dienone is 2. The average molecular weight is 196 g/mol. The lowest BCUT2D eigenvalue weighted by Gasteiger charge is -2.02. The molecule has 0 fully saturated rings. The van der Waals surface area contributed by atoms with Crippen LogP contribution in [0.2, 0.25) is 0 Å². The minimum absolute atomic E-state index is 0.161. The van der Waals surface area contributed by atoms with Gasteiger partial charge in [0.25, 0.3) is 0 Å². The maximum atomic E-state index is 13.2. The highest BCUT2D eigenvalue weighted by atomic mass is 19.1. The van der Waals surface area contributed by atoms with Crippen LogP contribution in [0.4, 0.5) is 8.78 Å². The average Bonchev–Trinajstić information content (AvgIpc) is 2.01. The van der Waals surface area contributed by atoms with Gasteiger partial charge in [-0.2, -0.15) is 0 Å². The highest BCUT2D eigenvalue weighted by molar-refractivity contribution is 5.94. The van der Waals surface area contributed by atoms with Crippen molar-refractivity contribution < 1.29 is 13.6 Å². The molecule has 0 bridgehead atoms. The van der Waals surface area contributed by atoms with Gasteiger partial charge in [-0.25, -0.2) is 8.78 Å². The highest BCUT2D eigenvalue weighted by Gasteiger charge is 2.05. The van der Waals surface area contributed by atoms with E-state index in [0.717, 1.165) is 12.1 Å². The molecule has 1 aromatic rings. The number of rotatable bonds is 2. The zero-order valence-corrected chi connectivity index (χ0v) is 7.97. The summed E-state index contributed by atoms with van der Waals surface area (Å²) in [5.41, 5.74) is 0.747. The Hall–Kier alpha value is -1.51. The lowest BCUT2D eigenvalue weighted by atomic mass is 10.1. The van der Waals surface area contributed by atoms with Crippen LogP contribution in [-0.4, -0.2) is 5.78 Å². The van der Waals surface area contributed by atoms with Gasteiger partial charge < -0.3 is 0 Å². The van der Waals surface area contributed by atoms with E-state index < -0.39 is 11.6 Å². The van der Waals surface area contributed by atoms with Gasteiger partial charge in [-0.1, -0.05) is 0 Å². The van der Waals surface area contributed by atoms with Crippen LogP contribution < -0.4 is 0 Å². The Balaban J connectivity index is 3.14. The molecule has 0 unspecified atom stereocenters. The lowest BCUT2D eigenvalue weighted by molar-refractivity contribution is -0.112. The molecule has 0 aliphatic carbocycles. The first-order valence-electron chi connectivity index (χ1n) is 4.15. The van der Waals surface area contributed by atoms with Crippen molar-refractivity contribution in [3.8, 4) is 0 Å². The van der Waals surface area contributed by atoms with Crippen LogP contribution in [-0.2, 0) is 4.79 Å². The van der Waals surface area contributed by atoms with E-state index in [1.54, 1.807) is 6.92 Å². The number of carbonyl (C=O) groups is 1. The largest absolute Gasteiger partial charge is 0.295 e. The second kappa shape index (κ2) is 4.13. The second-order valence-corrected chi connectivity index (χ2v) is 3.06. The Morgan fingerprint density at radius 3 is 2.43 bits per heavy atom. The molecule has 0 saturated heterocycles. The predicted molar refractivity (Wildman–Crippen MR) is 50.7 cm³/mol. The van der Waals surface area contributed by atoms with Gasteiger partial charge in [0, 0.05) is 11.6 Å². The van der Waals surface area contributed by atoms with E-state index in [0.29, 0.717) is 5.57 Å². The Bertz CT molecular complexity index is 394. The summed E-state index contributed by atoms with van der Waals surface area (Å²) in [7, 11) is 0. The standard InChI is InChI=1S/C11H10F2O/c1-7(5-8(2)14)10-4-3-9(12)6-11(10)13/h3-6H,1-2H3/b7-5+. The minimum atomic E-state index is -0.653. The first kappa shape index (κ1) is 10.6. The van der Waals surface area contributed by atoms with Crippen molar-refractivity contribution in [3.63, 3.8) is 0 Å². The van der Waals surface area contributed by atoms with Crippen LogP contribution in [0, 0.1) is 11.6 Å². The van der Waals surface area contributed by atoms with Crippen molar-refractivity contribution in [2.24, 2.45) is 0 Å². The number of carbonyl (C=O) groups excluding carboxylic acids is 1. The molecule has 0 atom stereocenters. The molecule has 0 N–H and O–H groups in total. The van der Waals surface area contributed by atoms with Gasteiger partial charge in [0.1, 0.15) is 11.6 Å². The molecule has 1 rings (SSSR count). The van der Waals surface area contributed by atoms with E-state index in [4.69, 9.17) is 0 Å². The summed E-state index contributed by atoms with van der Waals surface area (Å²) < 4.78 is 25.7. The van der Waals surface area contributed by atoms with E-state index in [-0.39, 0.29) is 11.3 Å². The van der Waals surface area contributed by atoms with Gasteiger partial charge in [-0.3, -0.25) is 4.79 Å². The van der Waals surface area contributed by atoms with Gasteiger partial charge in [-0.05, 0) is 37.6 Å². The molecule has 0 heterocycles. The third-order valence-corrected chi connectivity index (χ3v) is 1.78. The SMILES string of the molecule is CC(=O)/C=C(\C)c1ccc(F)cc1F. The summed E-state index contributed by atoms with van der Waals surface area (Å²) in [6.45, 7) is 2.99. The van der Waals surface area contributed by atoms with E-state index in [9.17, 15) is 13.6 Å². The Kier molecular flexibility index (Phi) is 3.12. The van der Waals surface area contributed by atoms with Gasteiger partial charge in [0.05, 0.1) is 0 Å². The third kappa shape index (κ3) is 2.49. The number of benzene rings is 1. The monoisotopic (exact) mass is 196 g/mol. The molecule has 0 spiro atoms. The van der Waals surface area contributed by atoms with Crippen LogP contribution >= 0.6 is 0 Å². The summed E-state index contributed by atoms with van der Waals surface area (Å²) in [6.07, 6.45) is 1.32. The smallest absolute Gasteiger partial charge is 0.152 e. The molecule has 0 aliphatic rings. The number of halogens is 2. The Morgan fingerprint density at radius 2 is 1.93 bits per heavy atom. The van der Waals surface area contributed by atoms with Crippen LogP contribution in [0.5, 0.6) is 0 Å². The van der Waals surface area contributed by atoms with Gasteiger partial charge in [-0.15, -0.1) is 0 Å². The van der Waals surface area contributed by atoms with Gasteiger partial charge >= 0.3 is 0 Å². The maximum Gasteiger partial charge on any atom is 0.152 e. The molecule has 0 amide bonds. The molecule has 0 radical (unpaired) electrons. The zero-order valence-electron chi connectivity index (χ0n) is 7.97. The Morgan fingerprint density at radius 1 is 1.29 bits per heavy atom. The van der Waals surface area contributed by atoms with E-state index >= 15 is 0 Å². The fourth-order valence-corrected chi connectivity index (χ4v) is 1.19. The number of hydrogen-bond acceptors (Lipinski definition) is 1. The molecule has 3 heteroatoms. The topological polar surface area (TPSA) is 17.1 Å². The summed E-state index contributed by atoms with van der Waals surface area (Å²) >= 11 is 0. The quantitative estimate of drug-likeness (QED) is 0.664. The lowest BCUT2D eigenvalue weighted by Crippen LogP contribution is -1.91. The molecular weight excluding hydrogens is 186 g/mol. The Labute approximate surface area is 81.1 Å². The van der Waals surface area contributed by atoms with Crippen LogP contribution in [0.25, 0.3) is 5.57 Å².